The molecule has 1 unspecified atom stereocenters. The van der Waals surface area contributed by atoms with Gasteiger partial charge in [0.15, 0.2) is 0 Å². The first-order valence-electron chi connectivity index (χ1n) is 9.91. The second kappa shape index (κ2) is 13.7. The summed E-state index contributed by atoms with van der Waals surface area (Å²) >= 11 is 0. The number of hydrogen-bond acceptors (Lipinski definition) is 3. The molecule has 0 amide bonds. The standard InChI is InChI=1S/C22H26N2O.C2H6O.Y/c1-3-5-19-18(15-24-21(19)4-2)10-12-23-22-9-7-17-14-16(11-13-25)6-8-20(17)22;1-2-3;/h3-6,8,11,13-15,22-25H,2,7,9-10,12H2,1H3;3H,2H2,1H3;/b5-3-,13-11+;;. The Bertz CT molecular complexity index is 824. The average molecular weight is 469 g/mol. The van der Waals surface area contributed by atoms with Crippen LogP contribution >= 0.6 is 0 Å². The van der Waals surface area contributed by atoms with E-state index in [-0.39, 0.29) is 39.3 Å². The van der Waals surface area contributed by atoms with Crippen LogP contribution in [0.1, 0.15) is 59.8 Å². The number of fused-ring (bicyclic) bond motifs is 1. The van der Waals surface area contributed by atoms with Crippen molar-refractivity contribution < 1.29 is 42.9 Å². The molecule has 1 atom stereocenters. The first-order valence-corrected chi connectivity index (χ1v) is 9.91. The van der Waals surface area contributed by atoms with Crippen LogP contribution in [0.15, 0.2) is 43.3 Å². The summed E-state index contributed by atoms with van der Waals surface area (Å²) in [5.74, 6) is 0. The molecule has 0 saturated heterocycles. The van der Waals surface area contributed by atoms with Gasteiger partial charge in [0.25, 0.3) is 0 Å². The topological polar surface area (TPSA) is 68.3 Å². The Hall–Kier alpha value is -1.46. The van der Waals surface area contributed by atoms with E-state index in [4.69, 9.17) is 10.2 Å². The largest absolute Gasteiger partial charge is 0.516 e. The molecule has 29 heavy (non-hydrogen) atoms. The van der Waals surface area contributed by atoms with Crippen molar-refractivity contribution in [2.75, 3.05) is 13.2 Å². The fraction of sp³-hybridized carbons (Fsp3) is 0.333. The molecule has 2 aromatic rings. The second-order valence-corrected chi connectivity index (χ2v) is 6.73. The molecule has 4 nitrogen and oxygen atoms in total. The van der Waals surface area contributed by atoms with Gasteiger partial charge in [-0.15, -0.1) is 0 Å². The van der Waals surface area contributed by atoms with E-state index in [2.05, 4.69) is 53.4 Å². The smallest absolute Gasteiger partial charge is 0.0797 e. The van der Waals surface area contributed by atoms with Crippen LogP contribution in [-0.2, 0) is 45.6 Å². The number of allylic oxidation sites excluding steroid dienone is 1. The number of rotatable bonds is 7. The van der Waals surface area contributed by atoms with Crippen molar-refractivity contribution in [2.45, 2.75) is 39.2 Å². The molecule has 0 spiro atoms. The van der Waals surface area contributed by atoms with Crippen molar-refractivity contribution >= 4 is 18.2 Å². The van der Waals surface area contributed by atoms with Gasteiger partial charge in [0.2, 0.25) is 0 Å². The molecular weight excluding hydrogens is 437 g/mol. The normalized spacial score (nSPS) is 15.1. The molecule has 1 radical (unpaired) electrons. The van der Waals surface area contributed by atoms with E-state index in [1.54, 1.807) is 13.0 Å². The third-order valence-electron chi connectivity index (χ3n) is 4.87. The third kappa shape index (κ3) is 7.07. The molecule has 0 bridgehead atoms. The van der Waals surface area contributed by atoms with Crippen molar-refractivity contribution in [1.29, 1.82) is 0 Å². The first kappa shape index (κ1) is 25.6. The molecule has 3 rings (SSSR count). The van der Waals surface area contributed by atoms with Gasteiger partial charge in [-0.3, -0.25) is 0 Å². The number of H-pyrrole nitrogens is 1. The van der Waals surface area contributed by atoms with Crippen LogP contribution in [0.4, 0.5) is 0 Å². The Morgan fingerprint density at radius 1 is 1.31 bits per heavy atom. The van der Waals surface area contributed by atoms with E-state index in [0.29, 0.717) is 6.04 Å². The maximum Gasteiger partial charge on any atom is 0.0797 e. The summed E-state index contributed by atoms with van der Waals surface area (Å²) < 4.78 is 0. The third-order valence-corrected chi connectivity index (χ3v) is 4.87. The summed E-state index contributed by atoms with van der Waals surface area (Å²) in [5, 5.41) is 20.2. The Morgan fingerprint density at radius 2 is 2.07 bits per heavy atom. The van der Waals surface area contributed by atoms with Gasteiger partial charge in [-0.1, -0.05) is 36.9 Å². The van der Waals surface area contributed by atoms with Crippen LogP contribution in [-0.4, -0.2) is 28.3 Å². The fourth-order valence-electron chi connectivity index (χ4n) is 3.65. The van der Waals surface area contributed by atoms with E-state index in [1.165, 1.54) is 22.3 Å². The quantitative estimate of drug-likeness (QED) is 0.430. The molecular formula is C24H32N2O2Y. The van der Waals surface area contributed by atoms with Crippen LogP contribution < -0.4 is 5.32 Å². The number of aromatic amines is 1. The van der Waals surface area contributed by atoms with Crippen molar-refractivity contribution in [1.82, 2.24) is 10.3 Å². The molecule has 0 saturated carbocycles. The molecule has 1 aromatic carbocycles. The SMILES string of the molecule is C=Cc1[nH]cc(CCNC2CCc3cc(/C=C/O)ccc32)c1/C=C\C.CCO.[Y]. The molecule has 153 valence electrons. The molecule has 1 aliphatic carbocycles. The van der Waals surface area contributed by atoms with Crippen LogP contribution in [0.25, 0.3) is 18.2 Å². The van der Waals surface area contributed by atoms with Gasteiger partial charge < -0.3 is 20.5 Å². The van der Waals surface area contributed by atoms with Gasteiger partial charge in [-0.05, 0) is 74.1 Å². The van der Waals surface area contributed by atoms with Crippen molar-refractivity contribution in [3.05, 3.63) is 76.8 Å². The molecule has 5 heteroatoms. The summed E-state index contributed by atoms with van der Waals surface area (Å²) in [6, 6.07) is 6.85. The summed E-state index contributed by atoms with van der Waals surface area (Å²) in [6.07, 6.45) is 14.2. The summed E-state index contributed by atoms with van der Waals surface area (Å²) in [6.45, 7) is 8.79. The number of hydrogen-bond donors (Lipinski definition) is 4. The number of benzene rings is 1. The Morgan fingerprint density at radius 3 is 2.72 bits per heavy atom. The zero-order chi connectivity index (χ0) is 20.4. The summed E-state index contributed by atoms with van der Waals surface area (Å²) in [5.41, 5.74) is 7.49. The van der Waals surface area contributed by atoms with Crippen LogP contribution in [0.5, 0.6) is 0 Å². The molecule has 0 aliphatic heterocycles. The van der Waals surface area contributed by atoms with Gasteiger partial charge in [0.1, 0.15) is 0 Å². The van der Waals surface area contributed by atoms with E-state index in [0.717, 1.165) is 43.3 Å². The predicted octanol–water partition coefficient (Wildman–Crippen LogP) is 5.04. The number of nitrogens with one attached hydrogen (secondary N) is 2. The second-order valence-electron chi connectivity index (χ2n) is 6.73. The minimum atomic E-state index is 0. The maximum absolute atomic E-state index is 8.92. The van der Waals surface area contributed by atoms with Crippen molar-refractivity contribution in [3.63, 3.8) is 0 Å². The van der Waals surface area contributed by atoms with Crippen molar-refractivity contribution in [2.24, 2.45) is 0 Å². The van der Waals surface area contributed by atoms with Gasteiger partial charge >= 0.3 is 0 Å². The molecule has 1 heterocycles. The van der Waals surface area contributed by atoms with E-state index >= 15 is 0 Å². The minimum Gasteiger partial charge on any atom is -0.516 e. The van der Waals surface area contributed by atoms with Gasteiger partial charge in [0, 0.05) is 62.8 Å². The first-order chi connectivity index (χ1) is 13.7. The number of aliphatic hydroxyl groups is 2. The average Bonchev–Trinajstić information content (AvgIpc) is 3.27. The van der Waals surface area contributed by atoms with Crippen LogP contribution in [0, 0.1) is 0 Å². The van der Waals surface area contributed by atoms with Crippen LogP contribution in [0.3, 0.4) is 0 Å². The molecule has 1 aliphatic rings. The number of aryl methyl sites for hydroxylation is 1. The monoisotopic (exact) mass is 469 g/mol. The zero-order valence-corrected chi connectivity index (χ0v) is 20.3. The van der Waals surface area contributed by atoms with Crippen molar-refractivity contribution in [3.8, 4) is 0 Å². The van der Waals surface area contributed by atoms with E-state index in [9.17, 15) is 0 Å². The van der Waals surface area contributed by atoms with Gasteiger partial charge in [0.05, 0.1) is 6.26 Å². The Balaban J connectivity index is 0.000000990. The minimum absolute atomic E-state index is 0. The fourth-order valence-corrected chi connectivity index (χ4v) is 3.65. The number of aliphatic hydroxyl groups excluding tert-OH is 2. The summed E-state index contributed by atoms with van der Waals surface area (Å²) in [4.78, 5) is 3.30. The molecule has 1 aromatic heterocycles. The Labute approximate surface area is 199 Å². The maximum atomic E-state index is 8.92. The van der Waals surface area contributed by atoms with Crippen LogP contribution in [0.2, 0.25) is 0 Å². The number of aromatic nitrogens is 1. The summed E-state index contributed by atoms with van der Waals surface area (Å²) in [7, 11) is 0. The zero-order valence-electron chi connectivity index (χ0n) is 17.5. The van der Waals surface area contributed by atoms with E-state index in [1.807, 2.05) is 13.0 Å². The van der Waals surface area contributed by atoms with E-state index < -0.39 is 0 Å². The molecule has 4 N–H and O–H groups in total. The Kier molecular flexibility index (Phi) is 12.1. The van der Waals surface area contributed by atoms with Gasteiger partial charge in [-0.25, -0.2) is 0 Å². The predicted molar refractivity (Wildman–Crippen MR) is 119 cm³/mol. The molecule has 0 fully saturated rings. The van der Waals surface area contributed by atoms with Gasteiger partial charge in [-0.2, -0.15) is 0 Å².